The molecule has 2 aromatic rings. The van der Waals surface area contributed by atoms with E-state index in [1.54, 1.807) is 23.3 Å². The zero-order valence-corrected chi connectivity index (χ0v) is 17.4. The van der Waals surface area contributed by atoms with Gasteiger partial charge in [-0.1, -0.05) is 15.9 Å². The van der Waals surface area contributed by atoms with Gasteiger partial charge in [0.05, 0.1) is 12.0 Å². The minimum atomic E-state index is -0.651. The zero-order valence-electron chi connectivity index (χ0n) is 15.9. The van der Waals surface area contributed by atoms with Crippen molar-refractivity contribution in [3.8, 4) is 0 Å². The first-order valence-electron chi connectivity index (χ1n) is 9.10. The third kappa shape index (κ3) is 4.01. The minimum absolute atomic E-state index is 0.0262. The zero-order chi connectivity index (χ0) is 20.3. The molecule has 2 aromatic heterocycles. The summed E-state index contributed by atoms with van der Waals surface area (Å²) in [6.45, 7) is 6.41. The topological polar surface area (TPSA) is 97.6 Å². The van der Waals surface area contributed by atoms with Crippen LogP contribution in [0.3, 0.4) is 0 Å². The molecule has 10 heteroatoms. The molecule has 0 aromatic carbocycles. The second-order valence-electron chi connectivity index (χ2n) is 6.38. The molecule has 1 fully saturated rings. The molecule has 0 unspecified atom stereocenters. The number of alkyl halides is 1. The lowest BCUT2D eigenvalue weighted by Gasteiger charge is -2.34. The Morgan fingerprint density at radius 3 is 2.57 bits per heavy atom. The number of fused-ring (bicyclic) bond motifs is 1. The van der Waals surface area contributed by atoms with Gasteiger partial charge in [-0.2, -0.15) is 4.98 Å². The molecule has 1 saturated heterocycles. The van der Waals surface area contributed by atoms with Gasteiger partial charge >= 0.3 is 5.97 Å². The average molecular weight is 452 g/mol. The largest absolute Gasteiger partial charge is 0.462 e. The molecule has 0 saturated carbocycles. The normalized spacial score (nSPS) is 14.4. The monoisotopic (exact) mass is 451 g/mol. The number of aromatic nitrogens is 3. The number of aryl methyl sites for hydroxylation is 1. The Morgan fingerprint density at radius 1 is 1.25 bits per heavy atom. The van der Waals surface area contributed by atoms with Gasteiger partial charge in [0, 0.05) is 57.4 Å². The average Bonchev–Trinajstić information content (AvgIpc) is 2.70. The fraction of sp³-hybridized carbons (Fsp3) is 0.500. The van der Waals surface area contributed by atoms with Gasteiger partial charge < -0.3 is 19.1 Å². The molecule has 0 aliphatic carbocycles. The summed E-state index contributed by atoms with van der Waals surface area (Å²) in [6, 6.07) is 0. The maximum atomic E-state index is 12.7. The third-order valence-electron chi connectivity index (χ3n) is 4.63. The van der Waals surface area contributed by atoms with Crippen molar-refractivity contribution in [2.75, 3.05) is 43.0 Å². The molecule has 0 bridgehead atoms. The fourth-order valence-electron chi connectivity index (χ4n) is 3.15. The predicted octanol–water partition coefficient (Wildman–Crippen LogP) is 1.03. The van der Waals surface area contributed by atoms with E-state index >= 15 is 0 Å². The summed E-state index contributed by atoms with van der Waals surface area (Å²) < 4.78 is 6.75. The van der Waals surface area contributed by atoms with E-state index in [1.165, 1.54) is 12.4 Å². The number of anilines is 1. The van der Waals surface area contributed by atoms with Crippen molar-refractivity contribution >= 4 is 44.8 Å². The van der Waals surface area contributed by atoms with Crippen LogP contribution in [-0.4, -0.2) is 69.4 Å². The lowest BCUT2D eigenvalue weighted by atomic mass is 10.2. The van der Waals surface area contributed by atoms with Crippen molar-refractivity contribution in [3.05, 3.63) is 28.2 Å². The van der Waals surface area contributed by atoms with Crippen LogP contribution in [0.25, 0.3) is 11.0 Å². The maximum absolute atomic E-state index is 12.7. The van der Waals surface area contributed by atoms with Gasteiger partial charge in [-0.25, -0.2) is 9.78 Å². The van der Waals surface area contributed by atoms with Crippen LogP contribution in [0.5, 0.6) is 0 Å². The van der Waals surface area contributed by atoms with Crippen LogP contribution in [0, 0.1) is 0 Å². The third-order valence-corrected chi connectivity index (χ3v) is 4.99. The van der Waals surface area contributed by atoms with Crippen LogP contribution in [-0.2, 0) is 16.1 Å². The number of pyridine rings is 1. The number of nitrogens with zero attached hydrogens (tertiary/aromatic N) is 5. The minimum Gasteiger partial charge on any atom is -0.462 e. The van der Waals surface area contributed by atoms with Crippen molar-refractivity contribution in [1.29, 1.82) is 0 Å². The van der Waals surface area contributed by atoms with Crippen molar-refractivity contribution < 1.29 is 14.3 Å². The summed E-state index contributed by atoms with van der Waals surface area (Å²) in [6.07, 6.45) is 2.96. The number of carbonyl (C=O) groups excluding carboxylic acids is 2. The number of hydrogen-bond donors (Lipinski definition) is 0. The van der Waals surface area contributed by atoms with Gasteiger partial charge in [-0.3, -0.25) is 9.59 Å². The van der Waals surface area contributed by atoms with Crippen molar-refractivity contribution in [2.45, 2.75) is 20.4 Å². The smallest absolute Gasteiger partial charge is 0.343 e. The van der Waals surface area contributed by atoms with E-state index in [2.05, 4.69) is 25.9 Å². The summed E-state index contributed by atoms with van der Waals surface area (Å²) in [5.74, 6) is -0.0961. The van der Waals surface area contributed by atoms with E-state index in [4.69, 9.17) is 4.74 Å². The number of ether oxygens (including phenoxy) is 1. The predicted molar refractivity (Wildman–Crippen MR) is 108 cm³/mol. The number of halogens is 1. The summed E-state index contributed by atoms with van der Waals surface area (Å²) >= 11 is 3.39. The van der Waals surface area contributed by atoms with Crippen LogP contribution in [0.1, 0.15) is 24.2 Å². The molecule has 150 valence electrons. The van der Waals surface area contributed by atoms with E-state index in [0.717, 1.165) is 0 Å². The Balaban J connectivity index is 2.00. The highest BCUT2D eigenvalue weighted by Gasteiger charge is 2.22. The first kappa shape index (κ1) is 20.2. The highest BCUT2D eigenvalue weighted by Crippen LogP contribution is 2.16. The number of carbonyl (C=O) groups is 2. The maximum Gasteiger partial charge on any atom is 0.343 e. The molecule has 28 heavy (non-hydrogen) atoms. The SMILES string of the molecule is CCOC(=O)c1cn(CCBr)c2nc(N3CCN(C(C)=O)CC3)ncc2c1=O. The molecule has 3 heterocycles. The molecule has 1 aliphatic heterocycles. The molecule has 3 rings (SSSR count). The van der Waals surface area contributed by atoms with E-state index in [0.29, 0.717) is 49.6 Å². The molecule has 1 aliphatic rings. The van der Waals surface area contributed by atoms with Crippen LogP contribution in [0.15, 0.2) is 17.2 Å². The molecular weight excluding hydrogens is 430 g/mol. The summed E-state index contributed by atoms with van der Waals surface area (Å²) in [5.41, 5.74) is 0.00504. The Kier molecular flexibility index (Phi) is 6.28. The van der Waals surface area contributed by atoms with Gasteiger partial charge in [0.1, 0.15) is 11.2 Å². The number of amides is 1. The summed E-state index contributed by atoms with van der Waals surface area (Å²) in [5, 5.41) is 0.904. The quantitative estimate of drug-likeness (QED) is 0.494. The lowest BCUT2D eigenvalue weighted by Crippen LogP contribution is -2.48. The fourth-order valence-corrected chi connectivity index (χ4v) is 3.54. The van der Waals surface area contributed by atoms with E-state index in [1.807, 2.05) is 4.90 Å². The van der Waals surface area contributed by atoms with Crippen LogP contribution in [0.2, 0.25) is 0 Å². The Morgan fingerprint density at radius 2 is 1.96 bits per heavy atom. The van der Waals surface area contributed by atoms with Gasteiger partial charge in [-0.15, -0.1) is 0 Å². The van der Waals surface area contributed by atoms with Gasteiger partial charge in [-0.05, 0) is 6.92 Å². The second-order valence-corrected chi connectivity index (χ2v) is 7.17. The number of piperazine rings is 1. The van der Waals surface area contributed by atoms with E-state index < -0.39 is 11.4 Å². The summed E-state index contributed by atoms with van der Waals surface area (Å²) in [4.78, 5) is 49.1. The summed E-state index contributed by atoms with van der Waals surface area (Å²) in [7, 11) is 0. The highest BCUT2D eigenvalue weighted by atomic mass is 79.9. The molecule has 0 N–H and O–H groups in total. The molecule has 9 nitrogen and oxygen atoms in total. The molecule has 0 radical (unpaired) electrons. The second kappa shape index (κ2) is 8.68. The number of esters is 1. The lowest BCUT2D eigenvalue weighted by molar-refractivity contribution is -0.129. The van der Waals surface area contributed by atoms with Crippen LogP contribution >= 0.6 is 15.9 Å². The standard InChI is InChI=1S/C18H22BrN5O4/c1-3-28-17(27)14-11-24(5-4-19)16-13(15(14)26)10-20-18(21-16)23-8-6-22(7-9-23)12(2)25/h10-11H,3-9H2,1-2H3. The van der Waals surface area contributed by atoms with Gasteiger partial charge in [0.2, 0.25) is 17.3 Å². The van der Waals surface area contributed by atoms with Crippen LogP contribution < -0.4 is 10.3 Å². The Labute approximate surface area is 170 Å². The van der Waals surface area contributed by atoms with Gasteiger partial charge in [0.25, 0.3) is 0 Å². The first-order valence-corrected chi connectivity index (χ1v) is 10.2. The number of rotatable bonds is 5. The first-order chi connectivity index (χ1) is 13.5. The van der Waals surface area contributed by atoms with E-state index in [9.17, 15) is 14.4 Å². The van der Waals surface area contributed by atoms with Crippen molar-refractivity contribution in [2.24, 2.45) is 0 Å². The Bertz CT molecular complexity index is 953. The molecule has 1 amide bonds. The van der Waals surface area contributed by atoms with Crippen LogP contribution in [0.4, 0.5) is 5.95 Å². The number of hydrogen-bond acceptors (Lipinski definition) is 7. The molecular formula is C18H22BrN5O4. The highest BCUT2D eigenvalue weighted by molar-refractivity contribution is 9.09. The van der Waals surface area contributed by atoms with Crippen molar-refractivity contribution in [1.82, 2.24) is 19.4 Å². The Hall–Kier alpha value is -2.49. The van der Waals surface area contributed by atoms with Crippen molar-refractivity contribution in [3.63, 3.8) is 0 Å². The molecule has 0 spiro atoms. The van der Waals surface area contributed by atoms with E-state index in [-0.39, 0.29) is 23.5 Å². The van der Waals surface area contributed by atoms with Gasteiger partial charge in [0.15, 0.2) is 0 Å². The molecule has 0 atom stereocenters.